The first-order valence-electron chi connectivity index (χ1n) is 4.99. The molecule has 0 atom stereocenters. The van der Waals surface area contributed by atoms with Gasteiger partial charge in [0.15, 0.2) is 5.82 Å². The highest BCUT2D eigenvalue weighted by molar-refractivity contribution is 6.31. The predicted octanol–water partition coefficient (Wildman–Crippen LogP) is 1.09. The van der Waals surface area contributed by atoms with E-state index in [1.54, 1.807) is 10.9 Å². The zero-order valence-corrected chi connectivity index (χ0v) is 9.94. The van der Waals surface area contributed by atoms with Gasteiger partial charge in [-0.2, -0.15) is 5.10 Å². The molecule has 2 aromatic rings. The van der Waals surface area contributed by atoms with Gasteiger partial charge < -0.3 is 5.73 Å². The van der Waals surface area contributed by atoms with E-state index >= 15 is 0 Å². The molecule has 0 aromatic carbocycles. The van der Waals surface area contributed by atoms with Crippen LogP contribution in [-0.4, -0.2) is 24.8 Å². The van der Waals surface area contributed by atoms with E-state index in [0.29, 0.717) is 17.4 Å². The number of halogens is 1. The van der Waals surface area contributed by atoms with Crippen LogP contribution in [0.3, 0.4) is 0 Å². The van der Waals surface area contributed by atoms with Gasteiger partial charge in [-0.1, -0.05) is 16.8 Å². The van der Waals surface area contributed by atoms with Crippen LogP contribution in [0.2, 0.25) is 5.02 Å². The molecule has 2 aromatic heterocycles. The third-order valence-corrected chi connectivity index (χ3v) is 2.81. The Bertz CT molecular complexity index is 500. The van der Waals surface area contributed by atoms with Crippen LogP contribution in [0.15, 0.2) is 6.20 Å². The van der Waals surface area contributed by atoms with Crippen LogP contribution in [0.1, 0.15) is 18.3 Å². The van der Waals surface area contributed by atoms with Crippen LogP contribution in [0.5, 0.6) is 0 Å². The Hall–Kier alpha value is -1.56. The molecule has 86 valence electrons. The van der Waals surface area contributed by atoms with Crippen LogP contribution in [-0.2, 0) is 13.1 Å². The molecule has 16 heavy (non-hydrogen) atoms. The summed E-state index contributed by atoms with van der Waals surface area (Å²) in [5.41, 5.74) is 7.24. The summed E-state index contributed by atoms with van der Waals surface area (Å²) in [7, 11) is 0. The molecule has 0 amide bonds. The number of rotatable bonds is 3. The van der Waals surface area contributed by atoms with Crippen LogP contribution in [0, 0.1) is 6.92 Å². The number of anilines is 1. The summed E-state index contributed by atoms with van der Waals surface area (Å²) in [4.78, 5) is 0. The number of hydrogen-bond acceptors (Lipinski definition) is 4. The third kappa shape index (κ3) is 1.88. The van der Waals surface area contributed by atoms with Crippen molar-refractivity contribution in [2.24, 2.45) is 0 Å². The van der Waals surface area contributed by atoms with Crippen molar-refractivity contribution in [3.8, 4) is 0 Å². The van der Waals surface area contributed by atoms with Gasteiger partial charge in [-0.05, 0) is 13.8 Å². The van der Waals surface area contributed by atoms with E-state index in [1.807, 2.05) is 18.5 Å². The molecule has 2 N–H and O–H groups in total. The zero-order chi connectivity index (χ0) is 11.7. The maximum atomic E-state index is 6.17. The molecule has 2 rings (SSSR count). The van der Waals surface area contributed by atoms with Crippen molar-refractivity contribution in [2.75, 3.05) is 5.73 Å². The average molecular weight is 241 g/mol. The number of nitrogen functional groups attached to an aromatic ring is 1. The van der Waals surface area contributed by atoms with Gasteiger partial charge in [0, 0.05) is 6.54 Å². The van der Waals surface area contributed by atoms with Gasteiger partial charge >= 0.3 is 0 Å². The number of nitrogens with zero attached hydrogens (tertiary/aromatic N) is 5. The summed E-state index contributed by atoms with van der Waals surface area (Å²) >= 11 is 6.17. The number of aryl methyl sites for hydroxylation is 2. The van der Waals surface area contributed by atoms with Crippen LogP contribution in [0.25, 0.3) is 0 Å². The second kappa shape index (κ2) is 4.13. The standard InChI is InChI=1S/C9H13ClN6/c1-3-16-7(9(10)6(2)13-16)4-15-5-8(11)12-14-15/h5H,3-4,11H2,1-2H3. The Kier molecular flexibility index (Phi) is 2.82. The van der Waals surface area contributed by atoms with Gasteiger partial charge in [0.25, 0.3) is 0 Å². The van der Waals surface area contributed by atoms with Gasteiger partial charge in [0.1, 0.15) is 0 Å². The second-order valence-electron chi connectivity index (χ2n) is 3.50. The SMILES string of the molecule is CCn1nc(C)c(Cl)c1Cn1cc(N)nn1. The molecule has 0 unspecified atom stereocenters. The molecule has 0 saturated heterocycles. The molecule has 0 aliphatic heterocycles. The van der Waals surface area contributed by atoms with Crippen molar-refractivity contribution >= 4 is 17.4 Å². The van der Waals surface area contributed by atoms with Gasteiger partial charge in [0.05, 0.1) is 29.2 Å². The van der Waals surface area contributed by atoms with Crippen molar-refractivity contribution < 1.29 is 0 Å². The molecular weight excluding hydrogens is 228 g/mol. The first-order valence-corrected chi connectivity index (χ1v) is 5.37. The zero-order valence-electron chi connectivity index (χ0n) is 9.18. The Morgan fingerprint density at radius 2 is 2.25 bits per heavy atom. The molecule has 0 bridgehead atoms. The molecule has 0 spiro atoms. The summed E-state index contributed by atoms with van der Waals surface area (Å²) < 4.78 is 3.50. The number of nitrogens with two attached hydrogens (primary N) is 1. The minimum Gasteiger partial charge on any atom is -0.381 e. The fourth-order valence-electron chi connectivity index (χ4n) is 1.56. The Morgan fingerprint density at radius 3 is 2.81 bits per heavy atom. The van der Waals surface area contributed by atoms with E-state index < -0.39 is 0 Å². The lowest BCUT2D eigenvalue weighted by Gasteiger charge is -2.04. The van der Waals surface area contributed by atoms with Crippen molar-refractivity contribution in [1.29, 1.82) is 0 Å². The van der Waals surface area contributed by atoms with E-state index in [4.69, 9.17) is 17.3 Å². The van der Waals surface area contributed by atoms with E-state index in [-0.39, 0.29) is 0 Å². The van der Waals surface area contributed by atoms with Gasteiger partial charge in [-0.15, -0.1) is 5.10 Å². The molecule has 0 radical (unpaired) electrons. The van der Waals surface area contributed by atoms with E-state index in [1.165, 1.54) is 0 Å². The summed E-state index contributed by atoms with van der Waals surface area (Å²) in [5, 5.41) is 12.6. The minimum atomic E-state index is 0.399. The van der Waals surface area contributed by atoms with E-state index in [2.05, 4.69) is 15.4 Å². The molecule has 0 fully saturated rings. The summed E-state index contributed by atoms with van der Waals surface area (Å²) in [6.45, 7) is 5.19. The monoisotopic (exact) mass is 240 g/mol. The van der Waals surface area contributed by atoms with E-state index in [0.717, 1.165) is 17.9 Å². The number of aromatic nitrogens is 5. The Balaban J connectivity index is 2.33. The summed E-state index contributed by atoms with van der Waals surface area (Å²) in [5.74, 6) is 0.399. The van der Waals surface area contributed by atoms with Gasteiger partial charge in [-0.3, -0.25) is 4.68 Å². The molecule has 6 nitrogen and oxygen atoms in total. The highest BCUT2D eigenvalue weighted by Gasteiger charge is 2.13. The van der Waals surface area contributed by atoms with Gasteiger partial charge in [0.2, 0.25) is 0 Å². The lowest BCUT2D eigenvalue weighted by atomic mass is 10.3. The third-order valence-electron chi connectivity index (χ3n) is 2.32. The van der Waals surface area contributed by atoms with Gasteiger partial charge in [-0.25, -0.2) is 4.68 Å². The largest absolute Gasteiger partial charge is 0.381 e. The molecule has 0 aliphatic carbocycles. The topological polar surface area (TPSA) is 74.5 Å². The molecule has 0 saturated carbocycles. The summed E-state index contributed by atoms with van der Waals surface area (Å²) in [6.07, 6.45) is 1.67. The van der Waals surface area contributed by atoms with Crippen molar-refractivity contribution in [1.82, 2.24) is 24.8 Å². The van der Waals surface area contributed by atoms with Crippen molar-refractivity contribution in [3.05, 3.63) is 22.6 Å². The highest BCUT2D eigenvalue weighted by Crippen LogP contribution is 2.20. The van der Waals surface area contributed by atoms with E-state index in [9.17, 15) is 0 Å². The van der Waals surface area contributed by atoms with Crippen molar-refractivity contribution in [3.63, 3.8) is 0 Å². The Morgan fingerprint density at radius 1 is 1.50 bits per heavy atom. The molecule has 7 heteroatoms. The summed E-state index contributed by atoms with van der Waals surface area (Å²) in [6, 6.07) is 0. The lowest BCUT2D eigenvalue weighted by molar-refractivity contribution is 0.565. The molecule has 0 aliphatic rings. The normalized spacial score (nSPS) is 10.9. The van der Waals surface area contributed by atoms with Crippen LogP contribution in [0.4, 0.5) is 5.82 Å². The maximum Gasteiger partial charge on any atom is 0.165 e. The van der Waals surface area contributed by atoms with Crippen molar-refractivity contribution in [2.45, 2.75) is 26.9 Å². The Labute approximate surface area is 98.0 Å². The average Bonchev–Trinajstić information content (AvgIpc) is 2.77. The maximum absolute atomic E-state index is 6.17. The predicted molar refractivity (Wildman–Crippen MR) is 61.2 cm³/mol. The smallest absolute Gasteiger partial charge is 0.165 e. The highest BCUT2D eigenvalue weighted by atomic mass is 35.5. The molecular formula is C9H13ClN6. The number of hydrogen-bond donors (Lipinski definition) is 1. The lowest BCUT2D eigenvalue weighted by Crippen LogP contribution is -2.08. The van der Waals surface area contributed by atoms with Crippen LogP contribution < -0.4 is 5.73 Å². The van der Waals surface area contributed by atoms with Crippen LogP contribution >= 0.6 is 11.6 Å². The first kappa shape index (κ1) is 10.9. The minimum absolute atomic E-state index is 0.399. The quantitative estimate of drug-likeness (QED) is 0.872. The second-order valence-corrected chi connectivity index (χ2v) is 3.88. The first-order chi connectivity index (χ1) is 7.61. The fraction of sp³-hybridized carbons (Fsp3) is 0.444. The fourth-order valence-corrected chi connectivity index (χ4v) is 1.76. The molecule has 2 heterocycles.